The highest BCUT2D eigenvalue weighted by Gasteiger charge is 2.40. The van der Waals surface area contributed by atoms with E-state index in [4.69, 9.17) is 9.26 Å². The first kappa shape index (κ1) is 14.2. The zero-order valence-electron chi connectivity index (χ0n) is 11.8. The Morgan fingerprint density at radius 2 is 2.11 bits per heavy atom. The highest BCUT2D eigenvalue weighted by atomic mass is 16.5. The SMILES string of the molecule is CCCC(=O)Cc1nc(C2(OCC)CCCC2)no1. The van der Waals surface area contributed by atoms with Crippen LogP contribution in [0.2, 0.25) is 0 Å². The molecule has 106 valence electrons. The lowest BCUT2D eigenvalue weighted by Gasteiger charge is -2.24. The van der Waals surface area contributed by atoms with Crippen molar-refractivity contribution in [3.63, 3.8) is 0 Å². The normalized spacial score (nSPS) is 17.8. The smallest absolute Gasteiger partial charge is 0.234 e. The van der Waals surface area contributed by atoms with Gasteiger partial charge in [-0.3, -0.25) is 4.79 Å². The summed E-state index contributed by atoms with van der Waals surface area (Å²) in [5, 5.41) is 4.04. The van der Waals surface area contributed by atoms with Crippen LogP contribution in [0.3, 0.4) is 0 Å². The zero-order chi connectivity index (χ0) is 13.7. The number of ketones is 1. The first-order valence-electron chi connectivity index (χ1n) is 7.19. The lowest BCUT2D eigenvalue weighted by atomic mass is 10.0. The molecule has 5 heteroatoms. The van der Waals surface area contributed by atoms with Gasteiger partial charge in [-0.1, -0.05) is 12.1 Å². The number of carbonyl (C=O) groups is 1. The Morgan fingerprint density at radius 3 is 2.74 bits per heavy atom. The molecule has 1 aromatic rings. The molecule has 0 aliphatic heterocycles. The molecule has 0 atom stereocenters. The number of carbonyl (C=O) groups excluding carboxylic acids is 1. The summed E-state index contributed by atoms with van der Waals surface area (Å²) >= 11 is 0. The Labute approximate surface area is 113 Å². The van der Waals surface area contributed by atoms with Crippen molar-refractivity contribution in [2.45, 2.75) is 64.4 Å². The van der Waals surface area contributed by atoms with E-state index in [0.717, 1.165) is 32.1 Å². The maximum absolute atomic E-state index is 11.6. The Balaban J connectivity index is 2.08. The summed E-state index contributed by atoms with van der Waals surface area (Å²) in [6, 6.07) is 0. The fourth-order valence-electron chi connectivity index (χ4n) is 2.70. The molecule has 1 aromatic heterocycles. The second kappa shape index (κ2) is 6.28. The van der Waals surface area contributed by atoms with Crippen LogP contribution in [-0.4, -0.2) is 22.5 Å². The standard InChI is InChI=1S/C14H22N2O3/c1-3-7-11(17)10-12-15-13(16-19-12)14(18-4-2)8-5-6-9-14/h3-10H2,1-2H3. The van der Waals surface area contributed by atoms with Crippen LogP contribution in [0.25, 0.3) is 0 Å². The van der Waals surface area contributed by atoms with Gasteiger partial charge >= 0.3 is 0 Å². The topological polar surface area (TPSA) is 65.2 Å². The highest BCUT2D eigenvalue weighted by Crippen LogP contribution is 2.40. The molecule has 1 saturated carbocycles. The molecule has 0 bridgehead atoms. The van der Waals surface area contributed by atoms with Crippen LogP contribution in [0.5, 0.6) is 0 Å². The van der Waals surface area contributed by atoms with E-state index >= 15 is 0 Å². The average molecular weight is 266 g/mol. The van der Waals surface area contributed by atoms with Gasteiger partial charge in [0.1, 0.15) is 11.4 Å². The minimum atomic E-state index is -0.385. The minimum absolute atomic E-state index is 0.148. The van der Waals surface area contributed by atoms with E-state index in [1.807, 2.05) is 13.8 Å². The van der Waals surface area contributed by atoms with E-state index in [-0.39, 0.29) is 17.8 Å². The molecule has 0 unspecified atom stereocenters. The lowest BCUT2D eigenvalue weighted by Crippen LogP contribution is -2.27. The van der Waals surface area contributed by atoms with E-state index in [2.05, 4.69) is 10.1 Å². The minimum Gasteiger partial charge on any atom is -0.367 e. The second-order valence-electron chi connectivity index (χ2n) is 5.11. The molecule has 5 nitrogen and oxygen atoms in total. The number of aromatic nitrogens is 2. The van der Waals surface area contributed by atoms with Crippen molar-refractivity contribution in [1.82, 2.24) is 10.1 Å². The van der Waals surface area contributed by atoms with Crippen LogP contribution in [0.4, 0.5) is 0 Å². The van der Waals surface area contributed by atoms with Crippen LogP contribution < -0.4 is 0 Å². The van der Waals surface area contributed by atoms with E-state index in [0.29, 0.717) is 24.7 Å². The molecule has 1 aliphatic carbocycles. The summed E-state index contributed by atoms with van der Waals surface area (Å²) in [6.45, 7) is 4.60. The largest absolute Gasteiger partial charge is 0.367 e. The molecular formula is C14H22N2O3. The number of hydrogen-bond donors (Lipinski definition) is 0. The van der Waals surface area contributed by atoms with Gasteiger partial charge in [-0.2, -0.15) is 4.98 Å². The van der Waals surface area contributed by atoms with Crippen molar-refractivity contribution in [2.75, 3.05) is 6.61 Å². The summed E-state index contributed by atoms with van der Waals surface area (Å²) in [7, 11) is 0. The number of nitrogens with zero attached hydrogens (tertiary/aromatic N) is 2. The van der Waals surface area contributed by atoms with Gasteiger partial charge in [0.2, 0.25) is 11.7 Å². The molecule has 0 radical (unpaired) electrons. The Kier molecular flexibility index (Phi) is 4.69. The fraction of sp³-hybridized carbons (Fsp3) is 0.786. The monoisotopic (exact) mass is 266 g/mol. The van der Waals surface area contributed by atoms with Crippen LogP contribution in [0.1, 0.15) is 64.1 Å². The third-order valence-corrected chi connectivity index (χ3v) is 3.58. The van der Waals surface area contributed by atoms with Crippen molar-refractivity contribution in [1.29, 1.82) is 0 Å². The van der Waals surface area contributed by atoms with Crippen LogP contribution in [0.15, 0.2) is 4.52 Å². The zero-order valence-corrected chi connectivity index (χ0v) is 11.8. The van der Waals surface area contributed by atoms with E-state index in [1.54, 1.807) is 0 Å². The molecule has 1 aliphatic rings. The maximum atomic E-state index is 11.6. The Bertz CT molecular complexity index is 422. The van der Waals surface area contributed by atoms with Gasteiger partial charge in [0.25, 0.3) is 0 Å². The van der Waals surface area contributed by atoms with E-state index < -0.39 is 0 Å². The molecule has 1 heterocycles. The van der Waals surface area contributed by atoms with Crippen molar-refractivity contribution < 1.29 is 14.1 Å². The van der Waals surface area contributed by atoms with E-state index in [9.17, 15) is 4.79 Å². The van der Waals surface area contributed by atoms with Gasteiger partial charge in [-0.15, -0.1) is 0 Å². The summed E-state index contributed by atoms with van der Waals surface area (Å²) in [4.78, 5) is 16.0. The Morgan fingerprint density at radius 1 is 1.37 bits per heavy atom. The van der Waals surface area contributed by atoms with Crippen molar-refractivity contribution in [3.8, 4) is 0 Å². The van der Waals surface area contributed by atoms with Gasteiger partial charge < -0.3 is 9.26 Å². The highest BCUT2D eigenvalue weighted by molar-refractivity contribution is 5.79. The predicted molar refractivity (Wildman–Crippen MR) is 69.7 cm³/mol. The van der Waals surface area contributed by atoms with Crippen molar-refractivity contribution in [2.24, 2.45) is 0 Å². The van der Waals surface area contributed by atoms with Gasteiger partial charge in [0, 0.05) is 13.0 Å². The third kappa shape index (κ3) is 3.21. The molecular weight excluding hydrogens is 244 g/mol. The summed E-state index contributed by atoms with van der Waals surface area (Å²) in [5.74, 6) is 1.18. The Hall–Kier alpha value is -1.23. The maximum Gasteiger partial charge on any atom is 0.234 e. The number of ether oxygens (including phenoxy) is 1. The summed E-state index contributed by atoms with van der Waals surface area (Å²) in [6.07, 6.45) is 5.77. The van der Waals surface area contributed by atoms with Crippen molar-refractivity contribution >= 4 is 5.78 Å². The molecule has 2 rings (SSSR count). The average Bonchev–Trinajstić information content (AvgIpc) is 3.00. The lowest BCUT2D eigenvalue weighted by molar-refractivity contribution is -0.118. The molecule has 0 N–H and O–H groups in total. The number of rotatable bonds is 7. The van der Waals surface area contributed by atoms with Crippen LogP contribution in [0, 0.1) is 0 Å². The van der Waals surface area contributed by atoms with Gasteiger partial charge in [0.05, 0.1) is 6.42 Å². The van der Waals surface area contributed by atoms with Crippen molar-refractivity contribution in [3.05, 3.63) is 11.7 Å². The van der Waals surface area contributed by atoms with Gasteiger partial charge in [-0.05, 0) is 39.0 Å². The molecule has 0 aromatic carbocycles. The fourth-order valence-corrected chi connectivity index (χ4v) is 2.70. The van der Waals surface area contributed by atoms with Crippen LogP contribution >= 0.6 is 0 Å². The summed E-state index contributed by atoms with van der Waals surface area (Å²) in [5.41, 5.74) is -0.385. The molecule has 0 saturated heterocycles. The molecule has 19 heavy (non-hydrogen) atoms. The molecule has 1 fully saturated rings. The van der Waals surface area contributed by atoms with E-state index in [1.165, 1.54) is 0 Å². The molecule has 0 spiro atoms. The number of hydrogen-bond acceptors (Lipinski definition) is 5. The third-order valence-electron chi connectivity index (χ3n) is 3.58. The van der Waals surface area contributed by atoms with Gasteiger partial charge in [0.15, 0.2) is 0 Å². The predicted octanol–water partition coefficient (Wildman–Crippen LogP) is 2.79. The van der Waals surface area contributed by atoms with Gasteiger partial charge in [-0.25, -0.2) is 0 Å². The first-order chi connectivity index (χ1) is 9.20. The second-order valence-corrected chi connectivity index (χ2v) is 5.11. The first-order valence-corrected chi connectivity index (χ1v) is 7.19. The quantitative estimate of drug-likeness (QED) is 0.759. The summed E-state index contributed by atoms with van der Waals surface area (Å²) < 4.78 is 11.1. The number of Topliss-reactive ketones (excluding diaryl/α,β-unsaturated/α-hetero) is 1. The molecule has 0 amide bonds. The van der Waals surface area contributed by atoms with Crippen LogP contribution in [-0.2, 0) is 21.6 Å².